The van der Waals surface area contributed by atoms with E-state index in [1.807, 2.05) is 20.2 Å². The van der Waals surface area contributed by atoms with Crippen LogP contribution in [0.5, 0.6) is 0 Å². The molecule has 5 heteroatoms. The summed E-state index contributed by atoms with van der Waals surface area (Å²) in [6.45, 7) is 0. The Morgan fingerprint density at radius 2 is 1.74 bits per heavy atom. The number of benzene rings is 1. The minimum Gasteiger partial charge on any atom is -0.305 e. The minimum atomic E-state index is -3.40. The van der Waals surface area contributed by atoms with Crippen LogP contribution >= 0.6 is 0 Å². The van der Waals surface area contributed by atoms with Gasteiger partial charge in [0.05, 0.1) is 4.90 Å². The molecule has 0 aromatic heterocycles. The largest absolute Gasteiger partial charge is 0.305 e. The highest BCUT2D eigenvalue weighted by atomic mass is 32.2. The van der Waals surface area contributed by atoms with Crippen molar-refractivity contribution in [3.8, 4) is 0 Å². The van der Waals surface area contributed by atoms with E-state index >= 15 is 0 Å². The summed E-state index contributed by atoms with van der Waals surface area (Å²) in [4.78, 5) is 2.47. The van der Waals surface area contributed by atoms with Crippen LogP contribution in [0.25, 0.3) is 0 Å². The molecule has 1 saturated carbocycles. The first-order valence-electron chi connectivity index (χ1n) is 6.74. The highest BCUT2D eigenvalue weighted by Gasteiger charge is 2.30. The minimum absolute atomic E-state index is 0.00829. The van der Waals surface area contributed by atoms with Crippen molar-refractivity contribution >= 4 is 10.0 Å². The molecule has 1 N–H and O–H groups in total. The predicted molar refractivity (Wildman–Crippen MR) is 76.5 cm³/mol. The van der Waals surface area contributed by atoms with Gasteiger partial charge >= 0.3 is 0 Å². The van der Waals surface area contributed by atoms with Crippen molar-refractivity contribution in [1.29, 1.82) is 0 Å². The molecule has 19 heavy (non-hydrogen) atoms. The molecule has 1 aromatic rings. The Morgan fingerprint density at radius 1 is 1.11 bits per heavy atom. The third-order valence-electron chi connectivity index (χ3n) is 3.75. The smallest absolute Gasteiger partial charge is 0.240 e. The molecule has 0 amide bonds. The lowest BCUT2D eigenvalue weighted by Crippen LogP contribution is -2.50. The van der Waals surface area contributed by atoms with Gasteiger partial charge in [-0.2, -0.15) is 0 Å². The van der Waals surface area contributed by atoms with Crippen molar-refractivity contribution in [2.75, 3.05) is 14.1 Å². The summed E-state index contributed by atoms with van der Waals surface area (Å²) in [6, 6.07) is 8.88. The standard InChI is InChI=1S/C14H22N2O2S/c1-16(2)14-11-7-6-10-13(14)15-19(17,18)12-8-4-3-5-9-12/h3-5,8-9,13-15H,6-7,10-11H2,1-2H3/t13-,14+/m0/s1. The maximum atomic E-state index is 12.3. The van der Waals surface area contributed by atoms with E-state index < -0.39 is 10.0 Å². The van der Waals surface area contributed by atoms with E-state index in [0.29, 0.717) is 4.90 Å². The lowest BCUT2D eigenvalue weighted by molar-refractivity contribution is 0.191. The number of sulfonamides is 1. The van der Waals surface area contributed by atoms with E-state index in [9.17, 15) is 8.42 Å². The van der Waals surface area contributed by atoms with Crippen LogP contribution in [-0.2, 0) is 10.0 Å². The summed E-state index contributed by atoms with van der Waals surface area (Å²) in [5, 5.41) is 0. The highest BCUT2D eigenvalue weighted by Crippen LogP contribution is 2.23. The fourth-order valence-corrected chi connectivity index (χ4v) is 4.06. The van der Waals surface area contributed by atoms with Crippen molar-refractivity contribution in [3.63, 3.8) is 0 Å². The zero-order valence-electron chi connectivity index (χ0n) is 11.5. The van der Waals surface area contributed by atoms with Crippen LogP contribution in [0.3, 0.4) is 0 Å². The second kappa shape index (κ2) is 6.03. The average molecular weight is 282 g/mol. The Hall–Kier alpha value is -0.910. The monoisotopic (exact) mass is 282 g/mol. The van der Waals surface area contributed by atoms with Gasteiger partial charge in [0, 0.05) is 12.1 Å². The highest BCUT2D eigenvalue weighted by molar-refractivity contribution is 7.89. The Morgan fingerprint density at radius 3 is 2.37 bits per heavy atom. The van der Waals surface area contributed by atoms with E-state index in [1.54, 1.807) is 24.3 Å². The lowest BCUT2D eigenvalue weighted by atomic mass is 9.90. The Bertz CT molecular complexity index is 499. The van der Waals surface area contributed by atoms with Gasteiger partial charge < -0.3 is 4.90 Å². The van der Waals surface area contributed by atoms with E-state index in [2.05, 4.69) is 9.62 Å². The summed E-state index contributed by atoms with van der Waals surface area (Å²) < 4.78 is 27.6. The molecule has 0 unspecified atom stereocenters. The fourth-order valence-electron chi connectivity index (χ4n) is 2.73. The molecule has 2 rings (SSSR count). The Kier molecular flexibility index (Phi) is 4.60. The number of nitrogens with zero attached hydrogens (tertiary/aromatic N) is 1. The van der Waals surface area contributed by atoms with Crippen molar-refractivity contribution in [2.24, 2.45) is 0 Å². The van der Waals surface area contributed by atoms with Crippen LogP contribution in [0.4, 0.5) is 0 Å². The van der Waals surface area contributed by atoms with Crippen LogP contribution in [0.2, 0.25) is 0 Å². The first kappa shape index (κ1) is 14.5. The third kappa shape index (κ3) is 3.55. The molecule has 0 spiro atoms. The molecule has 2 atom stereocenters. The van der Waals surface area contributed by atoms with Crippen LogP contribution in [0.15, 0.2) is 35.2 Å². The van der Waals surface area contributed by atoms with E-state index in [0.717, 1.165) is 19.3 Å². The van der Waals surface area contributed by atoms with Gasteiger partial charge in [-0.05, 0) is 39.1 Å². The molecule has 0 heterocycles. The summed E-state index contributed by atoms with van der Waals surface area (Å²) in [7, 11) is 0.624. The van der Waals surface area contributed by atoms with Gasteiger partial charge in [-0.1, -0.05) is 31.0 Å². The second-order valence-corrected chi connectivity index (χ2v) is 7.07. The summed E-state index contributed by atoms with van der Waals surface area (Å²) in [5.41, 5.74) is 0. The van der Waals surface area contributed by atoms with Gasteiger partial charge in [-0.15, -0.1) is 0 Å². The van der Waals surface area contributed by atoms with Crippen LogP contribution in [0.1, 0.15) is 25.7 Å². The summed E-state index contributed by atoms with van der Waals surface area (Å²) >= 11 is 0. The molecule has 0 radical (unpaired) electrons. The zero-order valence-corrected chi connectivity index (χ0v) is 12.4. The van der Waals surface area contributed by atoms with Gasteiger partial charge in [0.25, 0.3) is 0 Å². The number of rotatable bonds is 4. The van der Waals surface area contributed by atoms with Gasteiger partial charge in [0.2, 0.25) is 10.0 Å². The SMILES string of the molecule is CN(C)[C@@H]1CCCC[C@@H]1NS(=O)(=O)c1ccccc1. The van der Waals surface area contributed by atoms with Crippen molar-refractivity contribution in [3.05, 3.63) is 30.3 Å². The maximum absolute atomic E-state index is 12.3. The molecule has 4 nitrogen and oxygen atoms in total. The Labute approximate surface area is 115 Å². The quantitative estimate of drug-likeness (QED) is 0.916. The van der Waals surface area contributed by atoms with Gasteiger partial charge in [-0.3, -0.25) is 0 Å². The average Bonchev–Trinajstić information content (AvgIpc) is 2.39. The van der Waals surface area contributed by atoms with Crippen LogP contribution in [-0.4, -0.2) is 39.5 Å². The number of hydrogen-bond donors (Lipinski definition) is 1. The number of likely N-dealkylation sites (N-methyl/N-ethyl adjacent to an activating group) is 1. The Balaban J connectivity index is 2.15. The number of nitrogens with one attached hydrogen (secondary N) is 1. The van der Waals surface area contributed by atoms with Gasteiger partial charge in [0.1, 0.15) is 0 Å². The molecule has 106 valence electrons. The summed E-state index contributed by atoms with van der Waals surface area (Å²) in [5.74, 6) is 0. The van der Waals surface area contributed by atoms with Crippen molar-refractivity contribution in [2.45, 2.75) is 42.7 Å². The topological polar surface area (TPSA) is 49.4 Å². The van der Waals surface area contributed by atoms with Gasteiger partial charge in [-0.25, -0.2) is 13.1 Å². The first-order chi connectivity index (χ1) is 9.00. The molecule has 0 saturated heterocycles. The molecule has 1 fully saturated rings. The van der Waals surface area contributed by atoms with Crippen molar-refractivity contribution in [1.82, 2.24) is 9.62 Å². The molecular formula is C14H22N2O2S. The van der Waals surface area contributed by atoms with Crippen LogP contribution in [0, 0.1) is 0 Å². The molecule has 1 aromatic carbocycles. The zero-order chi connectivity index (χ0) is 13.9. The molecule has 1 aliphatic rings. The molecule has 1 aliphatic carbocycles. The summed E-state index contributed by atoms with van der Waals surface area (Å²) in [6.07, 6.45) is 4.22. The fraction of sp³-hybridized carbons (Fsp3) is 0.571. The molecular weight excluding hydrogens is 260 g/mol. The second-order valence-electron chi connectivity index (χ2n) is 5.36. The van der Waals surface area contributed by atoms with E-state index in [-0.39, 0.29) is 12.1 Å². The normalized spacial score (nSPS) is 24.6. The molecule has 0 aliphatic heterocycles. The molecule has 0 bridgehead atoms. The van der Waals surface area contributed by atoms with E-state index in [1.165, 1.54) is 6.42 Å². The lowest BCUT2D eigenvalue weighted by Gasteiger charge is -2.36. The first-order valence-corrected chi connectivity index (χ1v) is 8.23. The van der Waals surface area contributed by atoms with Crippen molar-refractivity contribution < 1.29 is 8.42 Å². The third-order valence-corrected chi connectivity index (χ3v) is 5.26. The van der Waals surface area contributed by atoms with E-state index in [4.69, 9.17) is 0 Å². The van der Waals surface area contributed by atoms with Crippen LogP contribution < -0.4 is 4.72 Å². The predicted octanol–water partition coefficient (Wildman–Crippen LogP) is 1.84. The number of hydrogen-bond acceptors (Lipinski definition) is 3. The maximum Gasteiger partial charge on any atom is 0.240 e. The van der Waals surface area contributed by atoms with Gasteiger partial charge in [0.15, 0.2) is 0 Å².